The van der Waals surface area contributed by atoms with Crippen LogP contribution >= 0.6 is 9.24 Å². The molecule has 0 aliphatic rings. The van der Waals surface area contributed by atoms with Crippen molar-refractivity contribution in [2.45, 2.75) is 13.3 Å². The van der Waals surface area contributed by atoms with Crippen LogP contribution in [0.3, 0.4) is 0 Å². The Labute approximate surface area is 35.2 Å². The lowest BCUT2D eigenvalue weighted by atomic mass is 10.5. The summed E-state index contributed by atoms with van der Waals surface area (Å²) in [6.45, 7) is 2.02. The SMILES string of the molecule is CCC#CP. The molecule has 0 spiro atoms. The van der Waals surface area contributed by atoms with Crippen LogP contribution in [0.4, 0.5) is 0 Å². The predicted octanol–water partition coefficient (Wildman–Crippen LogP) is 1.23. The minimum Gasteiger partial charge on any atom is -0.0995 e. The molecule has 0 radical (unpaired) electrons. The first-order valence-corrected chi connectivity index (χ1v) is 2.18. The van der Waals surface area contributed by atoms with Crippen molar-refractivity contribution < 1.29 is 0 Å². The van der Waals surface area contributed by atoms with E-state index in [1.165, 1.54) is 0 Å². The highest BCUT2D eigenvalue weighted by Crippen LogP contribution is 1.71. The summed E-state index contributed by atoms with van der Waals surface area (Å²) >= 11 is 0. The van der Waals surface area contributed by atoms with E-state index in [1.54, 1.807) is 0 Å². The Hall–Kier alpha value is -0.0100. The molecule has 0 aromatic rings. The zero-order valence-electron chi connectivity index (χ0n) is 3.28. The molecule has 0 aliphatic carbocycles. The molecule has 0 bridgehead atoms. The lowest BCUT2D eigenvalue weighted by Crippen LogP contribution is -1.42. The van der Waals surface area contributed by atoms with Gasteiger partial charge in [0.15, 0.2) is 0 Å². The molecule has 0 heterocycles. The second kappa shape index (κ2) is 3.99. The summed E-state index contributed by atoms with van der Waals surface area (Å²) in [6.07, 6.45) is 0.962. The second-order valence-electron chi connectivity index (χ2n) is 0.675. The van der Waals surface area contributed by atoms with Gasteiger partial charge < -0.3 is 0 Å². The van der Waals surface area contributed by atoms with E-state index in [0.29, 0.717) is 0 Å². The fourth-order valence-electron chi connectivity index (χ4n) is 0.102. The van der Waals surface area contributed by atoms with Crippen molar-refractivity contribution in [3.8, 4) is 11.6 Å². The largest absolute Gasteiger partial charge is 0.0995 e. The quantitative estimate of drug-likeness (QED) is 0.307. The van der Waals surface area contributed by atoms with E-state index in [1.807, 2.05) is 6.92 Å². The molecule has 1 unspecified atom stereocenters. The van der Waals surface area contributed by atoms with Gasteiger partial charge >= 0.3 is 0 Å². The van der Waals surface area contributed by atoms with E-state index < -0.39 is 0 Å². The Balaban J connectivity index is 2.81. The first-order chi connectivity index (χ1) is 2.41. The molecule has 5 heavy (non-hydrogen) atoms. The van der Waals surface area contributed by atoms with E-state index in [2.05, 4.69) is 20.8 Å². The summed E-state index contributed by atoms with van der Waals surface area (Å²) < 4.78 is 0. The highest BCUT2D eigenvalue weighted by Gasteiger charge is 1.48. The van der Waals surface area contributed by atoms with Crippen molar-refractivity contribution in [3.05, 3.63) is 0 Å². The van der Waals surface area contributed by atoms with Crippen molar-refractivity contribution in [1.82, 2.24) is 0 Å². The van der Waals surface area contributed by atoms with Gasteiger partial charge in [0.25, 0.3) is 0 Å². The van der Waals surface area contributed by atoms with Gasteiger partial charge in [0, 0.05) is 6.42 Å². The predicted molar refractivity (Wildman–Crippen MR) is 27.8 cm³/mol. The van der Waals surface area contributed by atoms with Crippen LogP contribution in [0.2, 0.25) is 0 Å². The summed E-state index contributed by atoms with van der Waals surface area (Å²) in [5.74, 6) is 2.82. The maximum atomic E-state index is 2.82. The molecule has 0 aromatic carbocycles. The van der Waals surface area contributed by atoms with Gasteiger partial charge in [-0.25, -0.2) is 0 Å². The molecule has 0 aromatic heterocycles. The third kappa shape index (κ3) is 3.99. The molecule has 0 aliphatic heterocycles. The van der Waals surface area contributed by atoms with E-state index >= 15 is 0 Å². The molecule has 0 fully saturated rings. The van der Waals surface area contributed by atoms with E-state index in [0.717, 1.165) is 6.42 Å². The first-order valence-electron chi connectivity index (χ1n) is 1.60. The Bertz CT molecular complexity index is 55.8. The molecule has 0 rings (SSSR count). The molecular weight excluding hydrogens is 79.0 g/mol. The fourth-order valence-corrected chi connectivity index (χ4v) is 0.306. The topological polar surface area (TPSA) is 0 Å². The van der Waals surface area contributed by atoms with Gasteiger partial charge in [-0.2, -0.15) is 0 Å². The van der Waals surface area contributed by atoms with Crippen LogP contribution in [0.5, 0.6) is 0 Å². The Kier molecular flexibility index (Phi) is 3.98. The summed E-state index contributed by atoms with van der Waals surface area (Å²) in [6, 6.07) is 0. The average molecular weight is 86.1 g/mol. The Morgan fingerprint density at radius 2 is 2.40 bits per heavy atom. The van der Waals surface area contributed by atoms with Crippen LogP contribution in [-0.2, 0) is 0 Å². The van der Waals surface area contributed by atoms with Crippen LogP contribution in [0.25, 0.3) is 0 Å². The average Bonchev–Trinajstić information content (AvgIpc) is 1.41. The van der Waals surface area contributed by atoms with Crippen molar-refractivity contribution in [1.29, 1.82) is 0 Å². The van der Waals surface area contributed by atoms with Crippen molar-refractivity contribution in [3.63, 3.8) is 0 Å². The highest BCUT2D eigenvalue weighted by atomic mass is 31.0. The second-order valence-corrected chi connectivity index (χ2v) is 0.963. The van der Waals surface area contributed by atoms with Gasteiger partial charge in [0.05, 0.1) is 0 Å². The van der Waals surface area contributed by atoms with Crippen molar-refractivity contribution in [2.24, 2.45) is 0 Å². The van der Waals surface area contributed by atoms with Crippen LogP contribution in [-0.4, -0.2) is 0 Å². The van der Waals surface area contributed by atoms with Crippen LogP contribution < -0.4 is 0 Å². The molecular formula is C4H7P. The molecule has 0 amide bonds. The lowest BCUT2D eigenvalue weighted by Gasteiger charge is -1.58. The third-order valence-electron chi connectivity index (χ3n) is 0.279. The fraction of sp³-hybridized carbons (Fsp3) is 0.500. The molecule has 0 nitrogen and oxygen atoms in total. The van der Waals surface area contributed by atoms with Gasteiger partial charge in [-0.3, -0.25) is 0 Å². The molecule has 0 N–H and O–H groups in total. The molecule has 0 saturated carbocycles. The van der Waals surface area contributed by atoms with Crippen molar-refractivity contribution >= 4 is 9.24 Å². The summed E-state index contributed by atoms with van der Waals surface area (Å²) in [5.41, 5.74) is 2.68. The molecule has 0 saturated heterocycles. The maximum absolute atomic E-state index is 2.82. The zero-order chi connectivity index (χ0) is 4.12. The Morgan fingerprint density at radius 1 is 1.80 bits per heavy atom. The van der Waals surface area contributed by atoms with Gasteiger partial charge in [-0.05, 0) is 0 Å². The summed E-state index contributed by atoms with van der Waals surface area (Å²) in [5, 5.41) is 0. The van der Waals surface area contributed by atoms with Gasteiger partial charge in [-0.15, -0.1) is 0 Å². The molecule has 28 valence electrons. The van der Waals surface area contributed by atoms with Gasteiger partial charge in [0.1, 0.15) is 0 Å². The number of hydrogen-bond donors (Lipinski definition) is 0. The van der Waals surface area contributed by atoms with E-state index in [4.69, 9.17) is 0 Å². The smallest absolute Gasteiger partial charge is 0.00635 e. The lowest BCUT2D eigenvalue weighted by molar-refractivity contribution is 1.28. The Morgan fingerprint density at radius 3 is 2.40 bits per heavy atom. The molecule has 1 atom stereocenters. The minimum absolute atomic E-state index is 0.962. The maximum Gasteiger partial charge on any atom is 0.00635 e. The third-order valence-corrected chi connectivity index (χ3v) is 0.483. The minimum atomic E-state index is 0.962. The normalized spacial score (nSPS) is 5.20. The van der Waals surface area contributed by atoms with E-state index in [-0.39, 0.29) is 0 Å². The number of hydrogen-bond acceptors (Lipinski definition) is 0. The molecule has 1 heteroatoms. The first kappa shape index (κ1) is 4.99. The van der Waals surface area contributed by atoms with Crippen molar-refractivity contribution in [2.75, 3.05) is 0 Å². The standard InChI is InChI=1S/C4H7P/c1-2-3-4-5/h2,5H2,1H3. The number of rotatable bonds is 0. The highest BCUT2D eigenvalue weighted by molar-refractivity contribution is 7.23. The van der Waals surface area contributed by atoms with E-state index in [9.17, 15) is 0 Å². The van der Waals surface area contributed by atoms with Crippen LogP contribution in [0.15, 0.2) is 0 Å². The summed E-state index contributed by atoms with van der Waals surface area (Å²) in [7, 11) is 2.34. The zero-order valence-corrected chi connectivity index (χ0v) is 4.44. The van der Waals surface area contributed by atoms with Crippen LogP contribution in [0.1, 0.15) is 13.3 Å². The van der Waals surface area contributed by atoms with Crippen LogP contribution in [0, 0.1) is 11.6 Å². The van der Waals surface area contributed by atoms with Gasteiger partial charge in [0.2, 0.25) is 0 Å². The monoisotopic (exact) mass is 86.0 g/mol. The summed E-state index contributed by atoms with van der Waals surface area (Å²) in [4.78, 5) is 0. The van der Waals surface area contributed by atoms with Gasteiger partial charge in [-0.1, -0.05) is 27.7 Å².